The maximum Gasteiger partial charge on any atom is 0.248 e. The fourth-order valence-corrected chi connectivity index (χ4v) is 2.19. The summed E-state index contributed by atoms with van der Waals surface area (Å²) in [5, 5.41) is 19.1. The summed E-state index contributed by atoms with van der Waals surface area (Å²) in [6.07, 6.45) is 3.42. The van der Waals surface area contributed by atoms with E-state index in [1.54, 1.807) is 17.1 Å². The fourth-order valence-electron chi connectivity index (χ4n) is 2.19. The summed E-state index contributed by atoms with van der Waals surface area (Å²) in [7, 11) is 4.00. The van der Waals surface area contributed by atoms with Crippen LogP contribution in [-0.2, 0) is 17.9 Å². The minimum atomic E-state index is -0.232. The molecule has 9 nitrogen and oxygen atoms in total. The van der Waals surface area contributed by atoms with Crippen molar-refractivity contribution >= 4 is 11.6 Å². The first-order valence-corrected chi connectivity index (χ1v) is 7.90. The number of hydrogen-bond acceptors (Lipinski definition) is 6. The van der Waals surface area contributed by atoms with Gasteiger partial charge in [-0.1, -0.05) is 30.3 Å². The normalized spacial score (nSPS) is 11.0. The van der Waals surface area contributed by atoms with Crippen molar-refractivity contribution in [2.24, 2.45) is 0 Å². The molecule has 2 aromatic heterocycles. The molecule has 0 aliphatic rings. The van der Waals surface area contributed by atoms with Gasteiger partial charge >= 0.3 is 0 Å². The van der Waals surface area contributed by atoms with Gasteiger partial charge in [0.25, 0.3) is 0 Å². The smallest absolute Gasteiger partial charge is 0.248 e. The van der Waals surface area contributed by atoms with Gasteiger partial charge in [-0.15, -0.1) is 10.2 Å². The van der Waals surface area contributed by atoms with E-state index in [1.807, 2.05) is 44.4 Å². The van der Waals surface area contributed by atoms with Crippen molar-refractivity contribution in [3.8, 4) is 11.4 Å². The first-order valence-electron chi connectivity index (χ1n) is 7.90. The minimum Gasteiger partial charge on any atom is -0.322 e. The van der Waals surface area contributed by atoms with Crippen LogP contribution in [0, 0.1) is 0 Å². The molecule has 1 N–H and O–H groups in total. The van der Waals surface area contributed by atoms with E-state index in [0.717, 1.165) is 18.7 Å². The number of aromatic nitrogens is 6. The zero-order chi connectivity index (χ0) is 17.6. The van der Waals surface area contributed by atoms with Gasteiger partial charge in [0, 0.05) is 18.3 Å². The third-order valence-electron chi connectivity index (χ3n) is 3.46. The maximum atomic E-state index is 12.1. The number of likely N-dealkylation sites (N-methyl/N-ethyl adjacent to an activating group) is 1. The van der Waals surface area contributed by atoms with Crippen molar-refractivity contribution in [2.45, 2.75) is 13.1 Å². The van der Waals surface area contributed by atoms with E-state index in [1.165, 1.54) is 4.80 Å². The lowest BCUT2D eigenvalue weighted by Crippen LogP contribution is -2.20. The molecule has 0 fully saturated rings. The number of hydrogen-bond donors (Lipinski definition) is 1. The van der Waals surface area contributed by atoms with Crippen molar-refractivity contribution in [2.75, 3.05) is 26.0 Å². The van der Waals surface area contributed by atoms with Crippen LogP contribution in [0.15, 0.2) is 42.7 Å². The lowest BCUT2D eigenvalue weighted by atomic mass is 10.2. The summed E-state index contributed by atoms with van der Waals surface area (Å²) in [6.45, 7) is 1.62. The molecule has 0 saturated carbocycles. The average molecular weight is 340 g/mol. The van der Waals surface area contributed by atoms with Gasteiger partial charge in [0.1, 0.15) is 6.54 Å². The minimum absolute atomic E-state index is 0.0112. The third-order valence-corrected chi connectivity index (χ3v) is 3.46. The molecule has 0 aliphatic carbocycles. The van der Waals surface area contributed by atoms with Gasteiger partial charge in [-0.2, -0.15) is 9.90 Å². The molecule has 2 heterocycles. The average Bonchev–Trinajstić information content (AvgIpc) is 3.23. The molecule has 0 spiro atoms. The molecule has 1 aromatic carbocycles. The third kappa shape index (κ3) is 4.70. The van der Waals surface area contributed by atoms with Crippen LogP contribution in [0.4, 0.5) is 5.69 Å². The quantitative estimate of drug-likeness (QED) is 0.682. The summed E-state index contributed by atoms with van der Waals surface area (Å²) >= 11 is 0. The van der Waals surface area contributed by atoms with Gasteiger partial charge in [-0.3, -0.25) is 9.48 Å². The molecule has 9 heteroatoms. The Morgan fingerprint density at radius 1 is 1.24 bits per heavy atom. The van der Waals surface area contributed by atoms with Crippen LogP contribution < -0.4 is 5.32 Å². The summed E-state index contributed by atoms with van der Waals surface area (Å²) in [4.78, 5) is 15.5. The van der Waals surface area contributed by atoms with Crippen molar-refractivity contribution in [1.82, 2.24) is 34.9 Å². The second-order valence-corrected chi connectivity index (χ2v) is 5.85. The van der Waals surface area contributed by atoms with Gasteiger partial charge in [-0.05, 0) is 19.3 Å². The first kappa shape index (κ1) is 16.8. The van der Waals surface area contributed by atoms with Crippen molar-refractivity contribution < 1.29 is 4.79 Å². The Hall–Kier alpha value is -3.07. The molecule has 0 aliphatic heterocycles. The molecule has 0 unspecified atom stereocenters. The number of carbonyl (C=O) groups excluding carboxylic acids is 1. The van der Waals surface area contributed by atoms with Gasteiger partial charge in [0.15, 0.2) is 0 Å². The fraction of sp³-hybridized carbons (Fsp3) is 0.312. The van der Waals surface area contributed by atoms with Crippen LogP contribution in [0.2, 0.25) is 0 Å². The topological polar surface area (TPSA) is 93.8 Å². The molecule has 0 saturated heterocycles. The predicted octanol–water partition coefficient (Wildman–Crippen LogP) is 0.737. The lowest BCUT2D eigenvalue weighted by molar-refractivity contribution is -0.117. The van der Waals surface area contributed by atoms with E-state index in [2.05, 4.69) is 30.7 Å². The van der Waals surface area contributed by atoms with Crippen LogP contribution >= 0.6 is 0 Å². The molecule has 25 heavy (non-hydrogen) atoms. The zero-order valence-electron chi connectivity index (χ0n) is 14.2. The largest absolute Gasteiger partial charge is 0.322 e. The molecule has 130 valence electrons. The SMILES string of the molecule is CN(C)CCn1cc(NC(=O)Cn2nnc(-c3ccccc3)n2)cn1. The second-order valence-electron chi connectivity index (χ2n) is 5.85. The van der Waals surface area contributed by atoms with Gasteiger partial charge in [0.2, 0.25) is 11.7 Å². The Morgan fingerprint density at radius 3 is 2.80 bits per heavy atom. The highest BCUT2D eigenvalue weighted by Crippen LogP contribution is 2.11. The Kier molecular flexibility index (Phi) is 5.14. The zero-order valence-corrected chi connectivity index (χ0v) is 14.2. The Bertz CT molecular complexity index is 824. The van der Waals surface area contributed by atoms with E-state index in [0.29, 0.717) is 11.5 Å². The number of rotatable bonds is 7. The molecular formula is C16H20N8O. The van der Waals surface area contributed by atoms with Crippen molar-refractivity contribution in [3.63, 3.8) is 0 Å². The number of benzene rings is 1. The molecule has 3 rings (SSSR count). The van der Waals surface area contributed by atoms with E-state index < -0.39 is 0 Å². The summed E-state index contributed by atoms with van der Waals surface area (Å²) < 4.78 is 1.79. The van der Waals surface area contributed by atoms with E-state index in [4.69, 9.17) is 0 Å². The number of nitrogens with zero attached hydrogens (tertiary/aromatic N) is 7. The van der Waals surface area contributed by atoms with Gasteiger partial charge < -0.3 is 10.2 Å². The molecule has 3 aromatic rings. The molecular weight excluding hydrogens is 320 g/mol. The van der Waals surface area contributed by atoms with Crippen molar-refractivity contribution in [3.05, 3.63) is 42.7 Å². The molecule has 1 amide bonds. The van der Waals surface area contributed by atoms with E-state index in [9.17, 15) is 4.79 Å². The number of nitrogens with one attached hydrogen (secondary N) is 1. The van der Waals surface area contributed by atoms with Crippen LogP contribution in [0.1, 0.15) is 0 Å². The number of tetrazole rings is 1. The van der Waals surface area contributed by atoms with Gasteiger partial charge in [-0.25, -0.2) is 0 Å². The maximum absolute atomic E-state index is 12.1. The molecule has 0 bridgehead atoms. The number of carbonyl (C=O) groups is 1. The Balaban J connectivity index is 1.55. The highest BCUT2D eigenvalue weighted by molar-refractivity contribution is 5.90. The molecule has 0 radical (unpaired) electrons. The van der Waals surface area contributed by atoms with E-state index >= 15 is 0 Å². The van der Waals surface area contributed by atoms with Crippen LogP contribution in [0.25, 0.3) is 11.4 Å². The van der Waals surface area contributed by atoms with Crippen LogP contribution in [0.5, 0.6) is 0 Å². The predicted molar refractivity (Wildman–Crippen MR) is 92.7 cm³/mol. The Morgan fingerprint density at radius 2 is 2.04 bits per heavy atom. The summed E-state index contributed by atoms with van der Waals surface area (Å²) in [5.74, 6) is 0.258. The number of anilines is 1. The van der Waals surface area contributed by atoms with Crippen LogP contribution in [0.3, 0.4) is 0 Å². The Labute approximate surface area is 145 Å². The summed E-state index contributed by atoms with van der Waals surface area (Å²) in [6, 6.07) is 9.50. The highest BCUT2D eigenvalue weighted by atomic mass is 16.2. The molecule has 0 atom stereocenters. The monoisotopic (exact) mass is 340 g/mol. The highest BCUT2D eigenvalue weighted by Gasteiger charge is 2.10. The van der Waals surface area contributed by atoms with Gasteiger partial charge in [0.05, 0.1) is 18.4 Å². The second kappa shape index (κ2) is 7.67. The summed E-state index contributed by atoms with van der Waals surface area (Å²) in [5.41, 5.74) is 1.50. The van der Waals surface area contributed by atoms with E-state index in [-0.39, 0.29) is 12.5 Å². The number of amides is 1. The van der Waals surface area contributed by atoms with Crippen LogP contribution in [-0.4, -0.2) is 61.4 Å². The first-order chi connectivity index (χ1) is 12.1. The van der Waals surface area contributed by atoms with Crippen molar-refractivity contribution in [1.29, 1.82) is 0 Å². The lowest BCUT2D eigenvalue weighted by Gasteiger charge is -2.08. The standard InChI is InChI=1S/C16H20N8O/c1-22(2)8-9-23-11-14(10-17-23)18-15(25)12-24-20-16(19-21-24)13-6-4-3-5-7-13/h3-7,10-11H,8-9,12H2,1-2H3,(H,18,25).